The van der Waals surface area contributed by atoms with Crippen molar-refractivity contribution in [3.05, 3.63) is 45.8 Å². The number of aryl methyl sites for hydroxylation is 1. The summed E-state index contributed by atoms with van der Waals surface area (Å²) in [7, 11) is 0. The third-order valence-corrected chi connectivity index (χ3v) is 5.24. The smallest absolute Gasteiger partial charge is 0.229 e. The Balaban J connectivity index is 1.50. The maximum Gasteiger partial charge on any atom is 0.229 e. The molecule has 0 saturated heterocycles. The summed E-state index contributed by atoms with van der Waals surface area (Å²) < 4.78 is 19.6. The average molecular weight is 382 g/mol. The van der Waals surface area contributed by atoms with Crippen molar-refractivity contribution in [2.75, 3.05) is 0 Å². The van der Waals surface area contributed by atoms with Crippen molar-refractivity contribution in [3.8, 4) is 0 Å². The lowest BCUT2D eigenvalue weighted by molar-refractivity contribution is 0.281. The number of aromatic nitrogens is 2. The molecule has 0 bridgehead atoms. The Morgan fingerprint density at radius 2 is 2.09 bits per heavy atom. The van der Waals surface area contributed by atoms with E-state index >= 15 is 0 Å². The molecule has 0 unspecified atom stereocenters. The summed E-state index contributed by atoms with van der Waals surface area (Å²) in [5.41, 5.74) is 0.955. The Kier molecular flexibility index (Phi) is 5.43. The number of rotatable bonds is 5. The van der Waals surface area contributed by atoms with Crippen LogP contribution in [0.5, 0.6) is 0 Å². The van der Waals surface area contributed by atoms with Crippen molar-refractivity contribution in [1.29, 1.82) is 0 Å². The molecule has 23 heavy (non-hydrogen) atoms. The van der Waals surface area contributed by atoms with E-state index in [1.165, 1.54) is 6.07 Å². The molecule has 0 spiro atoms. The Bertz CT molecular complexity index is 653. The van der Waals surface area contributed by atoms with Gasteiger partial charge in [-0.1, -0.05) is 28.0 Å². The lowest BCUT2D eigenvalue weighted by Gasteiger charge is -2.27. The summed E-state index contributed by atoms with van der Waals surface area (Å²) in [6.45, 7) is 2.70. The third-order valence-electron chi connectivity index (χ3n) is 4.47. The fraction of sp³-hybridized carbons (Fsp3) is 0.529. The molecular weight excluding hydrogens is 361 g/mol. The van der Waals surface area contributed by atoms with Crippen LogP contribution in [0.4, 0.5) is 4.39 Å². The van der Waals surface area contributed by atoms with E-state index in [2.05, 4.69) is 31.4 Å². The van der Waals surface area contributed by atoms with Crippen molar-refractivity contribution in [2.24, 2.45) is 0 Å². The van der Waals surface area contributed by atoms with Crippen LogP contribution in [0.25, 0.3) is 0 Å². The zero-order valence-electron chi connectivity index (χ0n) is 13.2. The van der Waals surface area contributed by atoms with E-state index in [9.17, 15) is 4.39 Å². The second-order valence-corrected chi connectivity index (χ2v) is 6.92. The maximum atomic E-state index is 13.3. The number of hydrogen-bond acceptors (Lipinski definition) is 4. The molecule has 1 heterocycles. The van der Waals surface area contributed by atoms with Gasteiger partial charge >= 0.3 is 0 Å². The maximum absolute atomic E-state index is 13.3. The van der Waals surface area contributed by atoms with E-state index < -0.39 is 0 Å². The Labute approximate surface area is 144 Å². The zero-order valence-corrected chi connectivity index (χ0v) is 14.8. The van der Waals surface area contributed by atoms with Gasteiger partial charge in [0.05, 0.1) is 0 Å². The van der Waals surface area contributed by atoms with Gasteiger partial charge in [0.1, 0.15) is 5.82 Å². The molecule has 1 aromatic carbocycles. The van der Waals surface area contributed by atoms with Crippen LogP contribution in [0.1, 0.15) is 55.8 Å². The molecule has 1 aliphatic rings. The number of halogens is 2. The monoisotopic (exact) mass is 381 g/mol. The van der Waals surface area contributed by atoms with Crippen LogP contribution in [0, 0.1) is 5.82 Å². The van der Waals surface area contributed by atoms with Crippen LogP contribution in [-0.2, 0) is 13.0 Å². The van der Waals surface area contributed by atoms with Crippen molar-refractivity contribution < 1.29 is 8.91 Å². The van der Waals surface area contributed by atoms with Crippen LogP contribution in [-0.4, -0.2) is 16.2 Å². The second-order valence-electron chi connectivity index (χ2n) is 6.07. The molecule has 0 radical (unpaired) electrons. The van der Waals surface area contributed by atoms with Crippen LogP contribution >= 0.6 is 15.9 Å². The molecule has 0 aliphatic heterocycles. The minimum Gasteiger partial charge on any atom is -0.339 e. The molecule has 4 nitrogen and oxygen atoms in total. The normalized spacial score (nSPS) is 21.5. The van der Waals surface area contributed by atoms with Crippen LogP contribution in [0.15, 0.2) is 27.2 Å². The average Bonchev–Trinajstić information content (AvgIpc) is 3.05. The number of benzene rings is 1. The van der Waals surface area contributed by atoms with E-state index in [1.54, 1.807) is 12.1 Å². The molecule has 2 aromatic rings. The molecule has 1 aromatic heterocycles. The summed E-state index contributed by atoms with van der Waals surface area (Å²) in [5, 5.41) is 7.51. The SMILES string of the molecule is CCc1noc(C2CCC(NCc3cc(F)ccc3Br)CC2)n1. The van der Waals surface area contributed by atoms with E-state index in [-0.39, 0.29) is 5.82 Å². The predicted octanol–water partition coefficient (Wildman–Crippen LogP) is 4.35. The van der Waals surface area contributed by atoms with E-state index in [1.807, 2.05) is 6.92 Å². The van der Waals surface area contributed by atoms with Crippen molar-refractivity contribution in [2.45, 2.75) is 57.5 Å². The topological polar surface area (TPSA) is 51.0 Å². The highest BCUT2D eigenvalue weighted by atomic mass is 79.9. The van der Waals surface area contributed by atoms with Gasteiger partial charge in [0.15, 0.2) is 5.82 Å². The summed E-state index contributed by atoms with van der Waals surface area (Å²) in [4.78, 5) is 4.45. The van der Waals surface area contributed by atoms with Gasteiger partial charge < -0.3 is 9.84 Å². The van der Waals surface area contributed by atoms with Gasteiger partial charge in [-0.2, -0.15) is 4.98 Å². The summed E-state index contributed by atoms with van der Waals surface area (Å²) >= 11 is 3.47. The van der Waals surface area contributed by atoms with Gasteiger partial charge in [-0.3, -0.25) is 0 Å². The van der Waals surface area contributed by atoms with Crippen LogP contribution in [0.3, 0.4) is 0 Å². The van der Waals surface area contributed by atoms with Crippen molar-refractivity contribution in [3.63, 3.8) is 0 Å². The first kappa shape index (κ1) is 16.6. The van der Waals surface area contributed by atoms with Gasteiger partial charge in [-0.15, -0.1) is 0 Å². The summed E-state index contributed by atoms with van der Waals surface area (Å²) in [5.74, 6) is 1.75. The fourth-order valence-electron chi connectivity index (χ4n) is 3.05. The van der Waals surface area contributed by atoms with Gasteiger partial charge in [-0.25, -0.2) is 4.39 Å². The Morgan fingerprint density at radius 1 is 1.30 bits per heavy atom. The lowest BCUT2D eigenvalue weighted by Crippen LogP contribution is -2.32. The number of nitrogens with one attached hydrogen (secondary N) is 1. The molecule has 1 aliphatic carbocycles. The van der Waals surface area contributed by atoms with E-state index in [0.717, 1.165) is 53.9 Å². The molecule has 0 amide bonds. The highest BCUT2D eigenvalue weighted by Gasteiger charge is 2.26. The molecule has 124 valence electrons. The fourth-order valence-corrected chi connectivity index (χ4v) is 3.44. The van der Waals surface area contributed by atoms with Crippen molar-refractivity contribution in [1.82, 2.24) is 15.5 Å². The Morgan fingerprint density at radius 3 is 2.78 bits per heavy atom. The largest absolute Gasteiger partial charge is 0.339 e. The Hall–Kier alpha value is -1.27. The highest BCUT2D eigenvalue weighted by Crippen LogP contribution is 2.32. The quantitative estimate of drug-likeness (QED) is 0.836. The molecule has 1 saturated carbocycles. The summed E-state index contributed by atoms with van der Waals surface area (Å²) in [6.07, 6.45) is 5.05. The molecule has 3 rings (SSSR count). The summed E-state index contributed by atoms with van der Waals surface area (Å²) in [6, 6.07) is 5.25. The number of nitrogens with zero attached hydrogens (tertiary/aromatic N) is 2. The van der Waals surface area contributed by atoms with Gasteiger partial charge in [0.2, 0.25) is 5.89 Å². The van der Waals surface area contributed by atoms with Gasteiger partial charge in [0, 0.05) is 29.4 Å². The van der Waals surface area contributed by atoms with E-state index in [4.69, 9.17) is 4.52 Å². The number of hydrogen-bond donors (Lipinski definition) is 1. The molecule has 1 N–H and O–H groups in total. The van der Waals surface area contributed by atoms with Crippen LogP contribution in [0.2, 0.25) is 0 Å². The standard InChI is InChI=1S/C17H21BrFN3O/c1-2-16-21-17(23-22-16)11-3-6-14(7-4-11)20-10-12-9-13(19)5-8-15(12)18/h5,8-9,11,14,20H,2-4,6-7,10H2,1H3. The first-order chi connectivity index (χ1) is 11.2. The lowest BCUT2D eigenvalue weighted by atomic mass is 9.86. The molecule has 0 atom stereocenters. The van der Waals surface area contributed by atoms with Gasteiger partial charge in [0.25, 0.3) is 0 Å². The molecule has 6 heteroatoms. The molecular formula is C17H21BrFN3O. The predicted molar refractivity (Wildman–Crippen MR) is 89.6 cm³/mol. The van der Waals surface area contributed by atoms with Crippen molar-refractivity contribution >= 4 is 15.9 Å². The second kappa shape index (κ2) is 7.53. The zero-order chi connectivity index (χ0) is 16.2. The minimum absolute atomic E-state index is 0.197. The van der Waals surface area contributed by atoms with E-state index in [0.29, 0.717) is 18.5 Å². The molecule has 1 fully saturated rings. The third kappa shape index (κ3) is 4.18. The van der Waals surface area contributed by atoms with Gasteiger partial charge in [-0.05, 0) is 49.4 Å². The minimum atomic E-state index is -0.197. The first-order valence-electron chi connectivity index (χ1n) is 8.15. The van der Waals surface area contributed by atoms with Crippen LogP contribution < -0.4 is 5.32 Å². The highest BCUT2D eigenvalue weighted by molar-refractivity contribution is 9.10. The first-order valence-corrected chi connectivity index (χ1v) is 8.94.